The van der Waals surface area contributed by atoms with E-state index in [1.165, 1.54) is 24.9 Å². The lowest BCUT2D eigenvalue weighted by molar-refractivity contribution is -0.118. The Labute approximate surface area is 201 Å². The predicted molar refractivity (Wildman–Crippen MR) is 130 cm³/mol. The lowest BCUT2D eigenvalue weighted by Crippen LogP contribution is -2.18. The second-order valence-corrected chi connectivity index (χ2v) is 9.34. The van der Waals surface area contributed by atoms with Gasteiger partial charge in [-0.05, 0) is 62.8 Å². The maximum Gasteiger partial charge on any atom is 0.138 e. The van der Waals surface area contributed by atoms with Crippen molar-refractivity contribution in [3.8, 4) is 11.5 Å². The molecular weight excluding hydrogens is 534 g/mol. The third-order valence-corrected chi connectivity index (χ3v) is 6.25. The average Bonchev–Trinajstić information content (AvgIpc) is 3.14. The van der Waals surface area contributed by atoms with E-state index in [4.69, 9.17) is 21.1 Å². The molecule has 2 aromatic carbocycles. The smallest absolute Gasteiger partial charge is 0.138 e. The Bertz CT molecular complexity index is 847. The minimum atomic E-state index is 0.126. The first-order chi connectivity index (χ1) is 14.4. The molecule has 0 spiro atoms. The highest BCUT2D eigenvalue weighted by Gasteiger charge is 2.25. The zero-order valence-corrected chi connectivity index (χ0v) is 21.5. The van der Waals surface area contributed by atoms with Gasteiger partial charge in [-0.1, -0.05) is 31.9 Å². The summed E-state index contributed by atoms with van der Waals surface area (Å²) in [5.41, 5.74) is 2.19. The number of halogens is 3. The van der Waals surface area contributed by atoms with Crippen LogP contribution in [0.1, 0.15) is 36.4 Å². The number of hydrogen-bond acceptors (Lipinski definition) is 4. The number of methoxy groups -OCH3 is 2. The lowest BCUT2D eigenvalue weighted by atomic mass is 10.0. The van der Waals surface area contributed by atoms with Gasteiger partial charge in [0.1, 0.15) is 17.3 Å². The topological polar surface area (TPSA) is 38.8 Å². The fraction of sp³-hybridized carbons (Fsp3) is 0.435. The minimum Gasteiger partial charge on any atom is -0.496 e. The molecule has 1 heterocycles. The molecule has 0 amide bonds. The van der Waals surface area contributed by atoms with E-state index in [2.05, 4.69) is 49.9 Å². The van der Waals surface area contributed by atoms with E-state index >= 15 is 0 Å². The summed E-state index contributed by atoms with van der Waals surface area (Å²) in [5, 5.41) is 0. The highest BCUT2D eigenvalue weighted by molar-refractivity contribution is 9.10. The Kier molecular flexibility index (Phi) is 10.7. The number of benzene rings is 2. The van der Waals surface area contributed by atoms with Crippen molar-refractivity contribution in [1.82, 2.24) is 4.90 Å². The molecular formula is C23H28Br2ClNO3. The van der Waals surface area contributed by atoms with E-state index in [-0.39, 0.29) is 5.78 Å². The molecule has 30 heavy (non-hydrogen) atoms. The number of Topliss-reactive ketones (excluding diaryl/α,β-unsaturated/α-hetero) is 1. The summed E-state index contributed by atoms with van der Waals surface area (Å²) in [5.74, 6) is 2.23. The van der Waals surface area contributed by atoms with Crippen LogP contribution < -0.4 is 9.47 Å². The lowest BCUT2D eigenvalue weighted by Gasteiger charge is -2.22. The number of ketones is 1. The van der Waals surface area contributed by atoms with Gasteiger partial charge in [-0.15, -0.1) is 11.6 Å². The van der Waals surface area contributed by atoms with Crippen LogP contribution in [-0.4, -0.2) is 44.4 Å². The van der Waals surface area contributed by atoms with E-state index in [1.807, 2.05) is 30.3 Å². The van der Waals surface area contributed by atoms with Crippen molar-refractivity contribution >= 4 is 49.2 Å². The fourth-order valence-corrected chi connectivity index (χ4v) is 4.56. The summed E-state index contributed by atoms with van der Waals surface area (Å²) in [6, 6.07) is 12.4. The zero-order chi connectivity index (χ0) is 22.1. The summed E-state index contributed by atoms with van der Waals surface area (Å²) in [6.07, 6.45) is 3.27. The van der Waals surface area contributed by atoms with Crippen LogP contribution in [0.3, 0.4) is 0 Å². The van der Waals surface area contributed by atoms with Crippen LogP contribution in [0.5, 0.6) is 11.5 Å². The first-order valence-electron chi connectivity index (χ1n) is 9.83. The van der Waals surface area contributed by atoms with E-state index in [1.54, 1.807) is 14.2 Å². The normalized spacial score (nSPS) is 16.0. The van der Waals surface area contributed by atoms with Gasteiger partial charge in [-0.25, -0.2) is 0 Å². The number of ether oxygens (including phenoxy) is 2. The third-order valence-electron chi connectivity index (χ3n) is 5.07. The summed E-state index contributed by atoms with van der Waals surface area (Å²) in [4.78, 5) is 13.8. The maximum absolute atomic E-state index is 11.4. The van der Waals surface area contributed by atoms with Crippen molar-refractivity contribution in [3.63, 3.8) is 0 Å². The molecule has 1 fully saturated rings. The SMILES string of the molecule is COc1ccc(Br)cc1C1CCCN1C.COc1ccc(Br)cc1CC(=O)CCCl. The summed E-state index contributed by atoms with van der Waals surface area (Å²) < 4.78 is 12.7. The minimum absolute atomic E-state index is 0.126. The number of hydrogen-bond donors (Lipinski definition) is 0. The highest BCUT2D eigenvalue weighted by Crippen LogP contribution is 2.37. The second kappa shape index (κ2) is 12.7. The monoisotopic (exact) mass is 559 g/mol. The molecule has 7 heteroatoms. The second-order valence-electron chi connectivity index (χ2n) is 7.14. The molecule has 1 aliphatic heterocycles. The van der Waals surface area contributed by atoms with Gasteiger partial charge >= 0.3 is 0 Å². The van der Waals surface area contributed by atoms with Gasteiger partial charge in [-0.2, -0.15) is 0 Å². The van der Waals surface area contributed by atoms with Crippen LogP contribution in [0, 0.1) is 0 Å². The Balaban J connectivity index is 0.000000214. The van der Waals surface area contributed by atoms with Gasteiger partial charge in [-0.3, -0.25) is 9.69 Å². The van der Waals surface area contributed by atoms with Crippen molar-refractivity contribution in [1.29, 1.82) is 0 Å². The average molecular weight is 562 g/mol. The van der Waals surface area contributed by atoms with Gasteiger partial charge in [0.05, 0.1) is 14.2 Å². The zero-order valence-electron chi connectivity index (χ0n) is 17.6. The Morgan fingerprint density at radius 1 is 1.10 bits per heavy atom. The van der Waals surface area contributed by atoms with Gasteiger partial charge < -0.3 is 9.47 Å². The molecule has 1 unspecified atom stereocenters. The van der Waals surface area contributed by atoms with Gasteiger partial charge in [0.15, 0.2) is 0 Å². The van der Waals surface area contributed by atoms with Crippen molar-refractivity contribution < 1.29 is 14.3 Å². The standard InChI is InChI=1S/C12H16BrNO.C11H12BrClO2/c1-14-7-3-4-11(14)10-8-9(13)5-6-12(10)15-2;1-15-11-3-2-9(12)6-8(11)7-10(14)4-5-13/h5-6,8,11H,3-4,7H2,1-2H3;2-3,6H,4-5,7H2,1H3. The molecule has 4 nitrogen and oxygen atoms in total. The molecule has 0 radical (unpaired) electrons. The van der Waals surface area contributed by atoms with Crippen LogP contribution in [0.15, 0.2) is 45.3 Å². The van der Waals surface area contributed by atoms with E-state index in [9.17, 15) is 4.79 Å². The van der Waals surface area contributed by atoms with Crippen molar-refractivity contribution in [3.05, 3.63) is 56.5 Å². The molecule has 2 aromatic rings. The number of likely N-dealkylation sites (tertiary alicyclic amines) is 1. The summed E-state index contributed by atoms with van der Waals surface area (Å²) in [7, 11) is 5.51. The van der Waals surface area contributed by atoms with Gasteiger partial charge in [0, 0.05) is 44.8 Å². The number of alkyl halides is 1. The maximum atomic E-state index is 11.4. The summed E-state index contributed by atoms with van der Waals surface area (Å²) >= 11 is 12.4. The molecule has 3 rings (SSSR count). The quantitative estimate of drug-likeness (QED) is 0.366. The van der Waals surface area contributed by atoms with Gasteiger partial charge in [0.25, 0.3) is 0 Å². The fourth-order valence-electron chi connectivity index (χ4n) is 3.56. The molecule has 0 N–H and O–H groups in total. The summed E-state index contributed by atoms with van der Waals surface area (Å²) in [6.45, 7) is 1.18. The number of carbonyl (C=O) groups excluding carboxylic acids is 1. The Morgan fingerprint density at radius 3 is 2.30 bits per heavy atom. The first-order valence-corrected chi connectivity index (χ1v) is 11.9. The van der Waals surface area contributed by atoms with E-state index < -0.39 is 0 Å². The van der Waals surface area contributed by atoms with Crippen LogP contribution in [0.4, 0.5) is 0 Å². The molecule has 0 aliphatic carbocycles. The largest absolute Gasteiger partial charge is 0.496 e. The highest BCUT2D eigenvalue weighted by atomic mass is 79.9. The number of rotatable bonds is 7. The Morgan fingerprint density at radius 2 is 1.73 bits per heavy atom. The molecule has 0 bridgehead atoms. The van der Waals surface area contributed by atoms with Crippen LogP contribution >= 0.6 is 43.5 Å². The van der Waals surface area contributed by atoms with Gasteiger partial charge in [0.2, 0.25) is 0 Å². The van der Waals surface area contributed by atoms with Crippen molar-refractivity contribution in [2.45, 2.75) is 31.7 Å². The van der Waals surface area contributed by atoms with Crippen molar-refractivity contribution in [2.24, 2.45) is 0 Å². The third kappa shape index (κ3) is 7.26. The van der Waals surface area contributed by atoms with Crippen molar-refractivity contribution in [2.75, 3.05) is 33.7 Å². The van der Waals surface area contributed by atoms with E-state index in [0.29, 0.717) is 24.8 Å². The first kappa shape index (κ1) is 25.2. The molecule has 0 saturated carbocycles. The molecule has 1 saturated heterocycles. The molecule has 0 aromatic heterocycles. The number of nitrogens with zero attached hydrogens (tertiary/aromatic N) is 1. The molecule has 1 aliphatic rings. The van der Waals surface area contributed by atoms with E-state index in [0.717, 1.165) is 26.0 Å². The predicted octanol–water partition coefficient (Wildman–Crippen LogP) is 6.42. The molecule has 1 atom stereocenters. The number of carbonyl (C=O) groups is 1. The van der Waals surface area contributed by atoms with Crippen LogP contribution in [0.25, 0.3) is 0 Å². The van der Waals surface area contributed by atoms with Crippen LogP contribution in [0.2, 0.25) is 0 Å². The Hall–Kier alpha value is -1.08. The molecule has 164 valence electrons. The van der Waals surface area contributed by atoms with Crippen LogP contribution in [-0.2, 0) is 11.2 Å².